The van der Waals surface area contributed by atoms with Gasteiger partial charge in [0.1, 0.15) is 0 Å². The number of rotatable bonds is 16. The third-order valence-corrected chi connectivity index (χ3v) is 5.46. The van der Waals surface area contributed by atoms with Crippen molar-refractivity contribution in [3.05, 3.63) is 35.9 Å². The van der Waals surface area contributed by atoms with Gasteiger partial charge in [-0.2, -0.15) is 0 Å². The highest BCUT2D eigenvalue weighted by molar-refractivity contribution is 5.89. The maximum Gasteiger partial charge on any atom is 0.338 e. The highest BCUT2D eigenvalue weighted by Gasteiger charge is 2.32. The Morgan fingerprint density at radius 1 is 0.815 bits per heavy atom. The minimum atomic E-state index is -0.203. The monoisotopic (exact) mass is 374 g/mol. The molecule has 2 unspecified atom stereocenters. The lowest BCUT2D eigenvalue weighted by Crippen LogP contribution is -2.06. The predicted octanol–water partition coefficient (Wildman–Crippen LogP) is 6.70. The molecule has 0 radical (unpaired) electrons. The lowest BCUT2D eigenvalue weighted by atomic mass is 10.0. The van der Waals surface area contributed by atoms with Crippen molar-refractivity contribution in [1.82, 2.24) is 0 Å². The van der Waals surface area contributed by atoms with Crippen LogP contribution in [0.3, 0.4) is 0 Å². The number of hydrogen-bond donors (Lipinski definition) is 0. The van der Waals surface area contributed by atoms with Crippen molar-refractivity contribution < 1.29 is 14.3 Å². The van der Waals surface area contributed by atoms with Crippen LogP contribution in [0.25, 0.3) is 0 Å². The summed E-state index contributed by atoms with van der Waals surface area (Å²) in [5, 5.41) is 0. The second-order valence-corrected chi connectivity index (χ2v) is 7.91. The van der Waals surface area contributed by atoms with Crippen LogP contribution < -0.4 is 0 Å². The van der Waals surface area contributed by atoms with E-state index >= 15 is 0 Å². The van der Waals surface area contributed by atoms with E-state index in [9.17, 15) is 4.79 Å². The van der Waals surface area contributed by atoms with Crippen LogP contribution in [-0.2, 0) is 9.47 Å². The van der Waals surface area contributed by atoms with E-state index in [1.54, 1.807) is 12.1 Å². The molecule has 1 saturated heterocycles. The topological polar surface area (TPSA) is 38.8 Å². The van der Waals surface area contributed by atoms with Gasteiger partial charge in [-0.1, -0.05) is 88.8 Å². The van der Waals surface area contributed by atoms with Crippen molar-refractivity contribution in [2.45, 2.75) is 103 Å². The smallest absolute Gasteiger partial charge is 0.338 e. The molecule has 1 aromatic rings. The minimum Gasteiger partial charge on any atom is -0.462 e. The maximum absolute atomic E-state index is 11.8. The van der Waals surface area contributed by atoms with Crippen LogP contribution in [0.15, 0.2) is 30.3 Å². The molecular weight excluding hydrogens is 336 g/mol. The Hall–Kier alpha value is -1.35. The third kappa shape index (κ3) is 10.5. The van der Waals surface area contributed by atoms with Crippen molar-refractivity contribution in [1.29, 1.82) is 0 Å². The zero-order valence-corrected chi connectivity index (χ0v) is 17.2. The molecule has 2 rings (SSSR count). The standard InChI is InChI=1S/C24H38O3/c1-21-23(27-21)19-15-10-8-6-4-2-3-5-7-9-11-16-20-26-24(25)22-17-13-12-14-18-22/h12-14,17-18,21,23H,2-11,15-16,19-20H2,1H3. The maximum atomic E-state index is 11.8. The van der Waals surface area contributed by atoms with Gasteiger partial charge in [0.05, 0.1) is 24.4 Å². The van der Waals surface area contributed by atoms with Crippen LogP contribution in [0.4, 0.5) is 0 Å². The number of ether oxygens (including phenoxy) is 2. The first kappa shape index (κ1) is 21.9. The molecule has 0 amide bonds. The molecule has 1 aliphatic heterocycles. The van der Waals surface area contributed by atoms with Crippen molar-refractivity contribution >= 4 is 5.97 Å². The van der Waals surface area contributed by atoms with Gasteiger partial charge in [0.2, 0.25) is 0 Å². The van der Waals surface area contributed by atoms with E-state index < -0.39 is 0 Å². The average Bonchev–Trinajstić information content (AvgIpc) is 3.40. The molecule has 0 spiro atoms. The van der Waals surface area contributed by atoms with Crippen LogP contribution in [0.2, 0.25) is 0 Å². The lowest BCUT2D eigenvalue weighted by Gasteiger charge is -2.05. The summed E-state index contributed by atoms with van der Waals surface area (Å²) < 4.78 is 10.7. The van der Waals surface area contributed by atoms with Crippen molar-refractivity contribution in [2.75, 3.05) is 6.61 Å². The van der Waals surface area contributed by atoms with Crippen molar-refractivity contribution in [3.8, 4) is 0 Å². The summed E-state index contributed by atoms with van der Waals surface area (Å²) in [5.74, 6) is -0.203. The fourth-order valence-electron chi connectivity index (χ4n) is 3.57. The van der Waals surface area contributed by atoms with Gasteiger partial charge in [0.25, 0.3) is 0 Å². The molecule has 0 aromatic heterocycles. The van der Waals surface area contributed by atoms with E-state index in [1.807, 2.05) is 18.2 Å². The SMILES string of the molecule is CC1OC1CCCCCCCCCCCCCCOC(=O)c1ccccc1. The van der Waals surface area contributed by atoms with E-state index in [0.717, 1.165) is 12.8 Å². The molecule has 3 heteroatoms. The Kier molecular flexibility index (Phi) is 11.2. The summed E-state index contributed by atoms with van der Waals surface area (Å²) in [6, 6.07) is 9.23. The molecule has 152 valence electrons. The number of carbonyl (C=O) groups is 1. The van der Waals surface area contributed by atoms with E-state index in [2.05, 4.69) is 6.92 Å². The zero-order chi connectivity index (χ0) is 19.2. The van der Waals surface area contributed by atoms with Gasteiger partial charge in [-0.15, -0.1) is 0 Å². The molecule has 0 N–H and O–H groups in total. The highest BCUT2D eigenvalue weighted by atomic mass is 16.6. The Morgan fingerprint density at radius 3 is 1.81 bits per heavy atom. The molecule has 1 heterocycles. The molecule has 0 bridgehead atoms. The van der Waals surface area contributed by atoms with Gasteiger partial charge in [-0.25, -0.2) is 4.79 Å². The van der Waals surface area contributed by atoms with Crippen LogP contribution >= 0.6 is 0 Å². The molecule has 0 aliphatic carbocycles. The van der Waals surface area contributed by atoms with Gasteiger partial charge in [-0.05, 0) is 31.9 Å². The molecular formula is C24H38O3. The van der Waals surface area contributed by atoms with Crippen LogP contribution in [0, 0.1) is 0 Å². The number of carbonyl (C=O) groups excluding carboxylic acids is 1. The third-order valence-electron chi connectivity index (χ3n) is 5.46. The van der Waals surface area contributed by atoms with E-state index in [4.69, 9.17) is 9.47 Å². The summed E-state index contributed by atoms with van der Waals surface area (Å²) in [5.41, 5.74) is 0.643. The van der Waals surface area contributed by atoms with Crippen molar-refractivity contribution in [3.63, 3.8) is 0 Å². The normalized spacial score (nSPS) is 18.4. The van der Waals surface area contributed by atoms with Gasteiger partial charge in [0.15, 0.2) is 0 Å². The summed E-state index contributed by atoms with van der Waals surface area (Å²) in [4.78, 5) is 11.8. The average molecular weight is 375 g/mol. The molecule has 2 atom stereocenters. The molecule has 1 fully saturated rings. The molecule has 0 saturated carbocycles. The number of benzene rings is 1. The number of esters is 1. The molecule has 1 aromatic carbocycles. The summed E-state index contributed by atoms with van der Waals surface area (Å²) in [7, 11) is 0. The van der Waals surface area contributed by atoms with Crippen LogP contribution in [-0.4, -0.2) is 24.8 Å². The first-order valence-electron chi connectivity index (χ1n) is 11.1. The van der Waals surface area contributed by atoms with Crippen LogP contribution in [0.1, 0.15) is 101 Å². The van der Waals surface area contributed by atoms with Gasteiger partial charge in [-0.3, -0.25) is 0 Å². The second kappa shape index (κ2) is 13.8. The number of unbranched alkanes of at least 4 members (excludes halogenated alkanes) is 11. The van der Waals surface area contributed by atoms with E-state index in [1.165, 1.54) is 70.6 Å². The van der Waals surface area contributed by atoms with Crippen molar-refractivity contribution in [2.24, 2.45) is 0 Å². The number of hydrogen-bond acceptors (Lipinski definition) is 3. The lowest BCUT2D eigenvalue weighted by molar-refractivity contribution is 0.0497. The highest BCUT2D eigenvalue weighted by Crippen LogP contribution is 2.26. The second-order valence-electron chi connectivity index (χ2n) is 7.91. The fraction of sp³-hybridized carbons (Fsp3) is 0.708. The summed E-state index contributed by atoms with van der Waals surface area (Å²) in [6.45, 7) is 2.71. The largest absolute Gasteiger partial charge is 0.462 e. The Morgan fingerprint density at radius 2 is 1.30 bits per heavy atom. The number of epoxide rings is 1. The summed E-state index contributed by atoms with van der Waals surface area (Å²) >= 11 is 0. The zero-order valence-electron chi connectivity index (χ0n) is 17.2. The minimum absolute atomic E-state index is 0.203. The van der Waals surface area contributed by atoms with Gasteiger partial charge in [0, 0.05) is 0 Å². The quantitative estimate of drug-likeness (QED) is 0.183. The van der Waals surface area contributed by atoms with Gasteiger partial charge < -0.3 is 9.47 Å². The molecule has 3 nitrogen and oxygen atoms in total. The van der Waals surface area contributed by atoms with E-state index in [0.29, 0.717) is 24.4 Å². The molecule has 1 aliphatic rings. The van der Waals surface area contributed by atoms with Gasteiger partial charge >= 0.3 is 5.97 Å². The Bertz CT molecular complexity index is 500. The first-order chi connectivity index (χ1) is 13.3. The van der Waals surface area contributed by atoms with E-state index in [-0.39, 0.29) is 5.97 Å². The molecule has 27 heavy (non-hydrogen) atoms. The predicted molar refractivity (Wildman–Crippen MR) is 111 cm³/mol. The van der Waals surface area contributed by atoms with Crippen LogP contribution in [0.5, 0.6) is 0 Å². The summed E-state index contributed by atoms with van der Waals surface area (Å²) in [6.07, 6.45) is 18.1. The first-order valence-corrected chi connectivity index (χ1v) is 11.1. The Labute approximate surface area is 165 Å². The Balaban J connectivity index is 1.26. The fourth-order valence-corrected chi connectivity index (χ4v) is 3.57.